The van der Waals surface area contributed by atoms with Crippen LogP contribution < -0.4 is 4.74 Å². The number of nitrogens with zero attached hydrogens (tertiary/aromatic N) is 2. The highest BCUT2D eigenvalue weighted by molar-refractivity contribution is 5.83. The van der Waals surface area contributed by atoms with Crippen LogP contribution in [0.1, 0.15) is 31.7 Å². The third-order valence-electron chi connectivity index (χ3n) is 4.28. The molecule has 23 heavy (non-hydrogen) atoms. The van der Waals surface area contributed by atoms with E-state index in [9.17, 15) is 9.59 Å². The number of carbonyl (C=O) groups excluding carboxylic acids is 2. The summed E-state index contributed by atoms with van der Waals surface area (Å²) < 4.78 is 5.21. The summed E-state index contributed by atoms with van der Waals surface area (Å²) in [6.45, 7) is 3.89. The Morgan fingerprint density at radius 3 is 2.61 bits per heavy atom. The minimum absolute atomic E-state index is 0.0572. The first kappa shape index (κ1) is 17.3. The fraction of sp³-hybridized carbons (Fsp3) is 0.556. The van der Waals surface area contributed by atoms with E-state index in [1.807, 2.05) is 29.2 Å². The minimum Gasteiger partial charge on any atom is -0.497 e. The van der Waals surface area contributed by atoms with Gasteiger partial charge in [-0.3, -0.25) is 9.59 Å². The standard InChI is InChI=1S/C18H26N2O3/c1-15(21)20(14-18(22)19-10-4-3-5-11-19)12-9-16-7-6-8-17(13-16)23-2/h6-8,13H,3-5,9-12,14H2,1-2H3. The van der Waals surface area contributed by atoms with Crippen LogP contribution in [0.2, 0.25) is 0 Å². The van der Waals surface area contributed by atoms with E-state index < -0.39 is 0 Å². The van der Waals surface area contributed by atoms with Crippen LogP contribution in [0.25, 0.3) is 0 Å². The molecule has 0 N–H and O–H groups in total. The summed E-state index contributed by atoms with van der Waals surface area (Å²) in [4.78, 5) is 27.7. The van der Waals surface area contributed by atoms with Gasteiger partial charge in [0.15, 0.2) is 0 Å². The topological polar surface area (TPSA) is 49.9 Å². The van der Waals surface area contributed by atoms with Gasteiger partial charge < -0.3 is 14.5 Å². The van der Waals surface area contributed by atoms with Crippen LogP contribution in [0.15, 0.2) is 24.3 Å². The Kier molecular flexibility index (Phi) is 6.44. The molecule has 0 aliphatic carbocycles. The summed E-state index contributed by atoms with van der Waals surface area (Å²) in [5.74, 6) is 0.810. The molecule has 1 heterocycles. The van der Waals surface area contributed by atoms with Gasteiger partial charge in [-0.15, -0.1) is 0 Å². The molecule has 1 aromatic rings. The van der Waals surface area contributed by atoms with Gasteiger partial charge in [0.05, 0.1) is 13.7 Å². The van der Waals surface area contributed by atoms with Gasteiger partial charge >= 0.3 is 0 Å². The van der Waals surface area contributed by atoms with Crippen molar-refractivity contribution in [2.45, 2.75) is 32.6 Å². The minimum atomic E-state index is -0.0572. The van der Waals surface area contributed by atoms with Gasteiger partial charge in [0, 0.05) is 26.6 Å². The first-order valence-electron chi connectivity index (χ1n) is 8.26. The van der Waals surface area contributed by atoms with E-state index in [4.69, 9.17) is 4.74 Å². The monoisotopic (exact) mass is 318 g/mol. The number of piperidine rings is 1. The summed E-state index contributed by atoms with van der Waals surface area (Å²) in [5.41, 5.74) is 1.10. The molecular formula is C18H26N2O3. The first-order chi connectivity index (χ1) is 11.1. The van der Waals surface area contributed by atoms with Crippen LogP contribution in [0.3, 0.4) is 0 Å². The van der Waals surface area contributed by atoms with Gasteiger partial charge in [-0.2, -0.15) is 0 Å². The van der Waals surface area contributed by atoms with Crippen LogP contribution in [-0.2, 0) is 16.0 Å². The number of amides is 2. The summed E-state index contributed by atoms with van der Waals surface area (Å²) in [6.07, 6.45) is 4.03. The maximum Gasteiger partial charge on any atom is 0.242 e. The van der Waals surface area contributed by atoms with Gasteiger partial charge in [-0.05, 0) is 43.4 Å². The van der Waals surface area contributed by atoms with Crippen LogP contribution in [-0.4, -0.2) is 54.9 Å². The normalized spacial score (nSPS) is 14.4. The summed E-state index contributed by atoms with van der Waals surface area (Å²) in [6, 6.07) is 7.80. The summed E-state index contributed by atoms with van der Waals surface area (Å²) in [7, 11) is 1.64. The second kappa shape index (κ2) is 8.56. The van der Waals surface area contributed by atoms with Gasteiger partial charge in [0.25, 0.3) is 0 Å². The highest BCUT2D eigenvalue weighted by Gasteiger charge is 2.20. The van der Waals surface area contributed by atoms with Crippen LogP contribution in [0.4, 0.5) is 0 Å². The first-order valence-corrected chi connectivity index (χ1v) is 8.26. The van der Waals surface area contributed by atoms with E-state index in [1.165, 1.54) is 13.3 Å². The van der Waals surface area contributed by atoms with E-state index in [0.29, 0.717) is 13.0 Å². The highest BCUT2D eigenvalue weighted by atomic mass is 16.5. The molecule has 1 aliphatic rings. The Bertz CT molecular complexity index is 539. The Morgan fingerprint density at radius 1 is 1.22 bits per heavy atom. The predicted octanol–water partition coefficient (Wildman–Crippen LogP) is 2.10. The number of rotatable bonds is 6. The molecule has 1 aromatic carbocycles. The lowest BCUT2D eigenvalue weighted by atomic mass is 10.1. The number of carbonyl (C=O) groups is 2. The zero-order chi connectivity index (χ0) is 16.7. The smallest absolute Gasteiger partial charge is 0.242 e. The SMILES string of the molecule is COc1cccc(CCN(CC(=O)N2CCCCC2)C(C)=O)c1. The van der Waals surface area contributed by atoms with Crippen molar-refractivity contribution in [2.24, 2.45) is 0 Å². The van der Waals surface area contributed by atoms with Crippen LogP contribution >= 0.6 is 0 Å². The van der Waals surface area contributed by atoms with Gasteiger partial charge in [0.1, 0.15) is 5.75 Å². The lowest BCUT2D eigenvalue weighted by Crippen LogP contribution is -2.44. The van der Waals surface area contributed by atoms with Crippen molar-refractivity contribution in [1.29, 1.82) is 0 Å². The third-order valence-corrected chi connectivity index (χ3v) is 4.28. The van der Waals surface area contributed by atoms with Crippen molar-refractivity contribution < 1.29 is 14.3 Å². The lowest BCUT2D eigenvalue weighted by Gasteiger charge is -2.29. The van der Waals surface area contributed by atoms with E-state index in [1.54, 1.807) is 12.0 Å². The van der Waals surface area contributed by atoms with Crippen LogP contribution in [0, 0.1) is 0 Å². The molecule has 0 atom stereocenters. The van der Waals surface area contributed by atoms with Gasteiger partial charge in [-0.1, -0.05) is 12.1 Å². The van der Waals surface area contributed by atoms with Crippen LogP contribution in [0.5, 0.6) is 5.75 Å². The van der Waals surface area contributed by atoms with Gasteiger partial charge in [-0.25, -0.2) is 0 Å². The Labute approximate surface area is 138 Å². The fourth-order valence-electron chi connectivity index (χ4n) is 2.85. The second-order valence-corrected chi connectivity index (χ2v) is 5.98. The zero-order valence-corrected chi connectivity index (χ0v) is 14.1. The Balaban J connectivity index is 1.90. The molecule has 0 unspecified atom stereocenters. The molecular weight excluding hydrogens is 292 g/mol. The van der Waals surface area contributed by atoms with Crippen molar-refractivity contribution in [3.63, 3.8) is 0 Å². The van der Waals surface area contributed by atoms with Crippen molar-refractivity contribution in [3.8, 4) is 5.75 Å². The number of ether oxygens (including phenoxy) is 1. The zero-order valence-electron chi connectivity index (χ0n) is 14.1. The Hall–Kier alpha value is -2.04. The molecule has 126 valence electrons. The number of benzene rings is 1. The lowest BCUT2D eigenvalue weighted by molar-refractivity contribution is -0.140. The molecule has 0 aromatic heterocycles. The predicted molar refractivity (Wildman–Crippen MR) is 89.4 cm³/mol. The molecule has 2 rings (SSSR count). The van der Waals surface area contributed by atoms with Crippen molar-refractivity contribution in [2.75, 3.05) is 33.3 Å². The van der Waals surface area contributed by atoms with Crippen molar-refractivity contribution in [3.05, 3.63) is 29.8 Å². The third kappa shape index (κ3) is 5.27. The average molecular weight is 318 g/mol. The largest absolute Gasteiger partial charge is 0.497 e. The van der Waals surface area contributed by atoms with E-state index >= 15 is 0 Å². The van der Waals surface area contributed by atoms with Crippen molar-refractivity contribution >= 4 is 11.8 Å². The number of hydrogen-bond acceptors (Lipinski definition) is 3. The molecule has 0 spiro atoms. The molecule has 5 heteroatoms. The average Bonchev–Trinajstić information content (AvgIpc) is 2.59. The maximum atomic E-state index is 12.3. The quantitative estimate of drug-likeness (QED) is 0.807. The fourth-order valence-corrected chi connectivity index (χ4v) is 2.85. The van der Waals surface area contributed by atoms with Crippen molar-refractivity contribution in [1.82, 2.24) is 9.80 Å². The molecule has 0 bridgehead atoms. The van der Waals surface area contributed by atoms with E-state index in [2.05, 4.69) is 0 Å². The molecule has 0 radical (unpaired) electrons. The Morgan fingerprint density at radius 2 is 1.96 bits per heavy atom. The number of hydrogen-bond donors (Lipinski definition) is 0. The van der Waals surface area contributed by atoms with E-state index in [-0.39, 0.29) is 18.4 Å². The molecule has 1 saturated heterocycles. The molecule has 0 saturated carbocycles. The molecule has 5 nitrogen and oxygen atoms in total. The maximum absolute atomic E-state index is 12.3. The van der Waals surface area contributed by atoms with E-state index in [0.717, 1.165) is 37.2 Å². The molecule has 1 aliphatic heterocycles. The molecule has 2 amide bonds. The number of likely N-dealkylation sites (tertiary alicyclic amines) is 1. The number of methoxy groups -OCH3 is 1. The summed E-state index contributed by atoms with van der Waals surface area (Å²) >= 11 is 0. The molecule has 1 fully saturated rings. The second-order valence-electron chi connectivity index (χ2n) is 5.98. The highest BCUT2D eigenvalue weighted by Crippen LogP contribution is 2.14. The summed E-state index contributed by atoms with van der Waals surface area (Å²) in [5, 5.41) is 0. The van der Waals surface area contributed by atoms with Gasteiger partial charge in [0.2, 0.25) is 11.8 Å².